The van der Waals surface area contributed by atoms with E-state index in [2.05, 4.69) is 25.2 Å². The van der Waals surface area contributed by atoms with Crippen molar-refractivity contribution >= 4 is 5.91 Å². The molecule has 0 aliphatic carbocycles. The second-order valence-corrected chi connectivity index (χ2v) is 10.4. The number of rotatable bonds is 15. The van der Waals surface area contributed by atoms with E-state index in [1.54, 1.807) is 29.2 Å². The van der Waals surface area contributed by atoms with Crippen LogP contribution in [0.5, 0.6) is 0 Å². The molecule has 1 amide bonds. The van der Waals surface area contributed by atoms with Gasteiger partial charge < -0.3 is 30.4 Å². The zero-order valence-electron chi connectivity index (χ0n) is 23.8. The maximum absolute atomic E-state index is 12.7. The molecule has 0 saturated heterocycles. The maximum atomic E-state index is 12.7. The van der Waals surface area contributed by atoms with E-state index >= 15 is 0 Å². The van der Waals surface area contributed by atoms with Gasteiger partial charge >= 0.3 is 0 Å². The Labute approximate surface area is 249 Å². The van der Waals surface area contributed by atoms with Gasteiger partial charge in [0.2, 0.25) is 5.91 Å². The first-order chi connectivity index (χ1) is 20.7. The van der Waals surface area contributed by atoms with Crippen molar-refractivity contribution in [3.63, 3.8) is 0 Å². The van der Waals surface area contributed by atoms with Crippen molar-refractivity contribution in [3.8, 4) is 5.69 Å². The van der Waals surface area contributed by atoms with Crippen LogP contribution in [0.25, 0.3) is 5.69 Å². The summed E-state index contributed by atoms with van der Waals surface area (Å²) in [5.41, 5.74) is 4.13. The van der Waals surface area contributed by atoms with Crippen LogP contribution in [0.2, 0.25) is 0 Å². The molecule has 4 rings (SSSR count). The van der Waals surface area contributed by atoms with Gasteiger partial charge in [0.15, 0.2) is 0 Å². The number of amides is 1. The first-order valence-corrected chi connectivity index (χ1v) is 13.8. The molecule has 13 nitrogen and oxygen atoms in total. The number of carbonyl (C=O) groups excluding carboxylic acids is 1. The molecule has 0 aliphatic rings. The Balaban J connectivity index is 1.35. The molecule has 228 valence electrons. The van der Waals surface area contributed by atoms with Gasteiger partial charge in [-0.15, -0.1) is 5.10 Å². The summed E-state index contributed by atoms with van der Waals surface area (Å²) in [5, 5.41) is 57.0. The number of pyridine rings is 2. The molecule has 13 heteroatoms. The average Bonchev–Trinajstić information content (AvgIpc) is 3.49. The molecule has 5 N–H and O–H groups in total. The minimum atomic E-state index is -1.75. The van der Waals surface area contributed by atoms with Crippen molar-refractivity contribution < 1.29 is 30.3 Å². The number of carbonyl (C=O) groups is 1. The van der Waals surface area contributed by atoms with Gasteiger partial charge in [0.25, 0.3) is 0 Å². The van der Waals surface area contributed by atoms with Crippen molar-refractivity contribution in [2.75, 3.05) is 20.2 Å². The zero-order valence-corrected chi connectivity index (χ0v) is 23.8. The van der Waals surface area contributed by atoms with E-state index in [0.29, 0.717) is 19.6 Å². The number of likely N-dealkylation sites (N-methyl/N-ethyl adjacent to an activating group) is 1. The summed E-state index contributed by atoms with van der Waals surface area (Å²) in [7, 11) is 1.46. The fraction of sp³-hybridized carbons (Fsp3) is 0.367. The molecule has 1 aromatic carbocycles. The topological polar surface area (TPSA) is 181 Å². The summed E-state index contributed by atoms with van der Waals surface area (Å²) in [6.07, 6.45) is -1.18. The lowest BCUT2D eigenvalue weighted by molar-refractivity contribution is -0.137. The van der Waals surface area contributed by atoms with Crippen molar-refractivity contribution in [1.82, 2.24) is 34.8 Å². The molecule has 4 atom stereocenters. The number of benzene rings is 1. The van der Waals surface area contributed by atoms with E-state index in [9.17, 15) is 25.2 Å². The van der Waals surface area contributed by atoms with Crippen molar-refractivity contribution in [1.29, 1.82) is 0 Å². The quantitative estimate of drug-likeness (QED) is 0.122. The summed E-state index contributed by atoms with van der Waals surface area (Å²) in [5.74, 6) is -0.319. The number of aliphatic hydroxyl groups excluding tert-OH is 5. The SMILES string of the molecule is CN(C[C@H](O)[C@@H](O)[C@H](O)[C@H](O)CO)C(=O)Cc1ccc(-n2cc(CN(Cc3ccccn3)Cc3ccccn3)nn2)cc1. The van der Waals surface area contributed by atoms with E-state index < -0.39 is 31.0 Å². The zero-order chi connectivity index (χ0) is 30.8. The first-order valence-electron chi connectivity index (χ1n) is 13.8. The van der Waals surface area contributed by atoms with Gasteiger partial charge in [-0.3, -0.25) is 19.7 Å². The molecular formula is C30H37N7O6. The van der Waals surface area contributed by atoms with Crippen LogP contribution in [-0.4, -0.2) is 111 Å². The van der Waals surface area contributed by atoms with E-state index in [0.717, 1.165) is 28.3 Å². The predicted octanol–water partition coefficient (Wildman–Crippen LogP) is -0.303. The highest BCUT2D eigenvalue weighted by molar-refractivity contribution is 5.78. The number of aromatic nitrogens is 5. The summed E-state index contributed by atoms with van der Waals surface area (Å²) in [6, 6.07) is 18.9. The van der Waals surface area contributed by atoms with Crippen LogP contribution < -0.4 is 0 Å². The molecule has 3 aromatic heterocycles. The van der Waals surface area contributed by atoms with Gasteiger partial charge in [0, 0.05) is 45.6 Å². The second kappa shape index (κ2) is 15.4. The standard InChI is InChI=1S/C30H37N7O6/c1-35(19-26(39)29(42)30(43)27(40)20-38)28(41)14-21-8-10-25(11-9-21)37-18-24(33-34-37)17-36(15-22-6-2-4-12-31-22)16-23-7-3-5-13-32-23/h2-13,18,26-27,29-30,38-40,42-43H,14-17,19-20H2,1H3/t26-,27+,29+,30+/m0/s1. The van der Waals surface area contributed by atoms with Crippen LogP contribution in [0, 0.1) is 0 Å². The van der Waals surface area contributed by atoms with Crippen LogP contribution >= 0.6 is 0 Å². The highest BCUT2D eigenvalue weighted by Gasteiger charge is 2.31. The molecule has 0 radical (unpaired) electrons. The van der Waals surface area contributed by atoms with Crippen LogP contribution in [0.1, 0.15) is 22.6 Å². The van der Waals surface area contributed by atoms with Gasteiger partial charge in [0.05, 0.1) is 42.0 Å². The average molecular weight is 592 g/mol. The van der Waals surface area contributed by atoms with E-state index in [1.165, 1.54) is 11.9 Å². The smallest absolute Gasteiger partial charge is 0.226 e. The molecular weight excluding hydrogens is 554 g/mol. The second-order valence-electron chi connectivity index (χ2n) is 10.4. The normalized spacial score (nSPS) is 14.3. The summed E-state index contributed by atoms with van der Waals surface area (Å²) in [4.78, 5) is 25.0. The minimum Gasteiger partial charge on any atom is -0.394 e. The fourth-order valence-corrected chi connectivity index (χ4v) is 4.47. The lowest BCUT2D eigenvalue weighted by atomic mass is 10.0. The largest absolute Gasteiger partial charge is 0.394 e. The fourth-order valence-electron chi connectivity index (χ4n) is 4.47. The number of nitrogens with zero attached hydrogens (tertiary/aromatic N) is 7. The maximum Gasteiger partial charge on any atom is 0.226 e. The summed E-state index contributed by atoms with van der Waals surface area (Å²) >= 11 is 0. The molecule has 43 heavy (non-hydrogen) atoms. The van der Waals surface area contributed by atoms with Gasteiger partial charge in [-0.25, -0.2) is 4.68 Å². The minimum absolute atomic E-state index is 0.0417. The van der Waals surface area contributed by atoms with Gasteiger partial charge in [0.1, 0.15) is 24.4 Å². The molecule has 4 aromatic rings. The Kier molecular flexibility index (Phi) is 11.4. The molecule has 0 unspecified atom stereocenters. The number of hydrogen-bond donors (Lipinski definition) is 5. The summed E-state index contributed by atoms with van der Waals surface area (Å²) < 4.78 is 1.66. The lowest BCUT2D eigenvalue weighted by Gasteiger charge is -2.28. The first kappa shape index (κ1) is 31.8. The highest BCUT2D eigenvalue weighted by atomic mass is 16.4. The third-order valence-electron chi connectivity index (χ3n) is 6.92. The Bertz CT molecular complexity index is 1370. The van der Waals surface area contributed by atoms with Gasteiger partial charge in [-0.2, -0.15) is 0 Å². The molecule has 3 heterocycles. The van der Waals surface area contributed by atoms with Crippen LogP contribution in [0.4, 0.5) is 0 Å². The monoisotopic (exact) mass is 591 g/mol. The molecule has 0 spiro atoms. The van der Waals surface area contributed by atoms with Crippen molar-refractivity contribution in [2.24, 2.45) is 0 Å². The van der Waals surface area contributed by atoms with Crippen molar-refractivity contribution in [2.45, 2.75) is 50.5 Å². The lowest BCUT2D eigenvalue weighted by Crippen LogP contribution is -2.50. The highest BCUT2D eigenvalue weighted by Crippen LogP contribution is 2.15. The Morgan fingerprint density at radius 3 is 1.95 bits per heavy atom. The van der Waals surface area contributed by atoms with Crippen LogP contribution in [-0.2, 0) is 30.8 Å². The Hall–Kier alpha value is -4.11. The summed E-state index contributed by atoms with van der Waals surface area (Å²) in [6.45, 7) is 0.711. The Morgan fingerprint density at radius 1 is 0.814 bits per heavy atom. The molecule has 0 aliphatic heterocycles. The van der Waals surface area contributed by atoms with E-state index in [1.807, 2.05) is 54.7 Å². The van der Waals surface area contributed by atoms with Crippen LogP contribution in [0.3, 0.4) is 0 Å². The Morgan fingerprint density at radius 2 is 1.40 bits per heavy atom. The number of hydrogen-bond acceptors (Lipinski definition) is 11. The number of aliphatic hydroxyl groups is 5. The third-order valence-corrected chi connectivity index (χ3v) is 6.92. The van der Waals surface area contributed by atoms with Gasteiger partial charge in [-0.1, -0.05) is 29.5 Å². The van der Waals surface area contributed by atoms with Crippen molar-refractivity contribution in [3.05, 3.63) is 102 Å². The van der Waals surface area contributed by atoms with E-state index in [4.69, 9.17) is 5.11 Å². The van der Waals surface area contributed by atoms with Gasteiger partial charge in [-0.05, 0) is 42.0 Å². The predicted molar refractivity (Wildman–Crippen MR) is 155 cm³/mol. The molecule has 0 fully saturated rings. The molecule has 0 saturated carbocycles. The molecule has 0 bridgehead atoms. The van der Waals surface area contributed by atoms with E-state index in [-0.39, 0.29) is 18.9 Å². The third kappa shape index (κ3) is 9.19. The van der Waals surface area contributed by atoms with Crippen LogP contribution in [0.15, 0.2) is 79.3 Å².